The van der Waals surface area contributed by atoms with Crippen LogP contribution in [-0.2, 0) is 14.5 Å². The summed E-state index contributed by atoms with van der Waals surface area (Å²) in [5.74, 6) is -0.734. The summed E-state index contributed by atoms with van der Waals surface area (Å²) in [6, 6.07) is 8.74. The van der Waals surface area contributed by atoms with Gasteiger partial charge >= 0.3 is 0 Å². The standard InChI is InChI=1S/C10H10ClFN2O2.C9H9BrFNO/c1-15-13-6-10(14-16-2)8-4-3-7(12)5-9(8)11;1-6(12-13-2)8-4-3-7(10)5-9(8)11/h3-6H,1-2H3;3-5H,1-2H3. The number of oxime groups is 3. The van der Waals surface area contributed by atoms with Crippen LogP contribution in [0.1, 0.15) is 18.1 Å². The molecule has 6 nitrogen and oxygen atoms in total. The van der Waals surface area contributed by atoms with Crippen LogP contribution in [0.4, 0.5) is 8.78 Å². The van der Waals surface area contributed by atoms with Gasteiger partial charge in [-0.2, -0.15) is 0 Å². The first kappa shape index (κ1) is 24.5. The van der Waals surface area contributed by atoms with Gasteiger partial charge in [-0.3, -0.25) is 0 Å². The van der Waals surface area contributed by atoms with Crippen molar-refractivity contribution in [1.82, 2.24) is 0 Å². The fourth-order valence-electron chi connectivity index (χ4n) is 2.01. The first-order valence-corrected chi connectivity index (χ1v) is 9.17. The lowest BCUT2D eigenvalue weighted by molar-refractivity contribution is 0.211. The minimum atomic E-state index is -0.422. The van der Waals surface area contributed by atoms with Gasteiger partial charge in [0, 0.05) is 15.6 Å². The van der Waals surface area contributed by atoms with Crippen LogP contribution >= 0.6 is 27.5 Å². The molecule has 0 saturated carbocycles. The zero-order valence-corrected chi connectivity index (χ0v) is 18.5. The largest absolute Gasteiger partial charge is 0.399 e. The van der Waals surface area contributed by atoms with Gasteiger partial charge in [0.15, 0.2) is 0 Å². The maximum absolute atomic E-state index is 13.3. The summed E-state index contributed by atoms with van der Waals surface area (Å²) in [6.07, 6.45) is 1.32. The Morgan fingerprint density at radius 1 is 0.966 bits per heavy atom. The molecule has 0 aliphatic carbocycles. The van der Waals surface area contributed by atoms with Gasteiger partial charge in [0.1, 0.15) is 38.7 Å². The minimum absolute atomic E-state index is 0.221. The average Bonchev–Trinajstić information content (AvgIpc) is 2.66. The smallest absolute Gasteiger partial charge is 0.133 e. The lowest BCUT2D eigenvalue weighted by Crippen LogP contribution is -2.05. The number of benzene rings is 2. The molecule has 0 spiro atoms. The Morgan fingerprint density at radius 2 is 1.62 bits per heavy atom. The molecule has 0 radical (unpaired) electrons. The van der Waals surface area contributed by atoms with Crippen LogP contribution in [0, 0.1) is 11.6 Å². The molecule has 0 aromatic heterocycles. The van der Waals surface area contributed by atoms with Crippen molar-refractivity contribution < 1.29 is 23.3 Å². The quantitative estimate of drug-likeness (QED) is 0.401. The summed E-state index contributed by atoms with van der Waals surface area (Å²) >= 11 is 9.03. The molecular formula is C19H19BrClF2N3O3. The van der Waals surface area contributed by atoms with Crippen LogP contribution in [-0.4, -0.2) is 39.0 Å². The molecule has 2 aromatic carbocycles. The highest BCUT2D eigenvalue weighted by Gasteiger charge is 2.08. The van der Waals surface area contributed by atoms with Crippen LogP contribution < -0.4 is 0 Å². The van der Waals surface area contributed by atoms with Gasteiger partial charge in [-0.1, -0.05) is 43.0 Å². The van der Waals surface area contributed by atoms with Gasteiger partial charge in [-0.25, -0.2) is 8.78 Å². The summed E-state index contributed by atoms with van der Waals surface area (Å²) in [4.78, 5) is 13.7. The van der Waals surface area contributed by atoms with E-state index in [1.165, 1.54) is 51.8 Å². The minimum Gasteiger partial charge on any atom is -0.399 e. The molecule has 0 atom stereocenters. The first-order chi connectivity index (χ1) is 13.8. The molecule has 0 amide bonds. The van der Waals surface area contributed by atoms with Crippen LogP contribution in [0.5, 0.6) is 0 Å². The van der Waals surface area contributed by atoms with Gasteiger partial charge in [0.2, 0.25) is 0 Å². The Hall–Kier alpha value is -2.52. The molecule has 156 valence electrons. The Balaban J connectivity index is 0.000000296. The van der Waals surface area contributed by atoms with E-state index in [0.29, 0.717) is 27.0 Å². The summed E-state index contributed by atoms with van der Waals surface area (Å²) in [5, 5.41) is 11.1. The molecule has 0 aliphatic rings. The maximum Gasteiger partial charge on any atom is 0.133 e. The van der Waals surface area contributed by atoms with Crippen LogP contribution in [0.25, 0.3) is 0 Å². The third-order valence-electron chi connectivity index (χ3n) is 3.23. The van der Waals surface area contributed by atoms with E-state index >= 15 is 0 Å². The normalized spacial score (nSPS) is 11.7. The van der Waals surface area contributed by atoms with Gasteiger partial charge in [0.25, 0.3) is 0 Å². The van der Waals surface area contributed by atoms with Crippen LogP contribution in [0.2, 0.25) is 5.02 Å². The number of rotatable bonds is 6. The van der Waals surface area contributed by atoms with E-state index in [1.807, 2.05) is 0 Å². The van der Waals surface area contributed by atoms with E-state index in [1.54, 1.807) is 19.1 Å². The van der Waals surface area contributed by atoms with E-state index in [0.717, 1.165) is 0 Å². The third kappa shape index (κ3) is 8.16. The van der Waals surface area contributed by atoms with E-state index in [2.05, 4.69) is 45.9 Å². The highest BCUT2D eigenvalue weighted by atomic mass is 79.9. The van der Waals surface area contributed by atoms with Crippen molar-refractivity contribution in [2.75, 3.05) is 21.3 Å². The van der Waals surface area contributed by atoms with Crippen molar-refractivity contribution >= 4 is 45.2 Å². The predicted octanol–water partition coefficient (Wildman–Crippen LogP) is 5.42. The molecular weight excluding hydrogens is 472 g/mol. The average molecular weight is 491 g/mol. The molecule has 0 saturated heterocycles. The van der Waals surface area contributed by atoms with Crippen molar-refractivity contribution in [3.05, 3.63) is 68.7 Å². The van der Waals surface area contributed by atoms with E-state index < -0.39 is 5.82 Å². The molecule has 0 aliphatic heterocycles. The molecule has 0 N–H and O–H groups in total. The van der Waals surface area contributed by atoms with Crippen LogP contribution in [0.3, 0.4) is 0 Å². The lowest BCUT2D eigenvalue weighted by atomic mass is 10.1. The Bertz CT molecular complexity index is 908. The van der Waals surface area contributed by atoms with Gasteiger partial charge in [-0.15, -0.1) is 0 Å². The maximum atomic E-state index is 13.3. The highest BCUT2D eigenvalue weighted by Crippen LogP contribution is 2.18. The van der Waals surface area contributed by atoms with Crippen LogP contribution in [0.15, 0.2) is 56.3 Å². The topological polar surface area (TPSA) is 64.8 Å². The Kier molecular flexibility index (Phi) is 10.9. The Labute approximate surface area is 180 Å². The molecule has 2 rings (SSSR count). The first-order valence-electron chi connectivity index (χ1n) is 8.00. The SMILES string of the molecule is CON=C(C)c1ccc(Br)cc1F.CON=CC(=NOC)c1ccc(F)cc1Cl. The molecule has 2 aromatic rings. The monoisotopic (exact) mass is 489 g/mol. The summed E-state index contributed by atoms with van der Waals surface area (Å²) in [7, 11) is 4.21. The molecule has 0 fully saturated rings. The fourth-order valence-corrected chi connectivity index (χ4v) is 2.61. The van der Waals surface area contributed by atoms with Crippen molar-refractivity contribution in [3.63, 3.8) is 0 Å². The number of hydrogen-bond donors (Lipinski definition) is 0. The summed E-state index contributed by atoms with van der Waals surface area (Å²) < 4.78 is 26.8. The summed E-state index contributed by atoms with van der Waals surface area (Å²) in [6.45, 7) is 1.69. The Morgan fingerprint density at radius 3 is 2.17 bits per heavy atom. The molecule has 10 heteroatoms. The fraction of sp³-hybridized carbons (Fsp3) is 0.211. The van der Waals surface area contributed by atoms with Gasteiger partial charge in [0.05, 0.1) is 16.9 Å². The van der Waals surface area contributed by atoms with E-state index in [-0.39, 0.29) is 10.8 Å². The third-order valence-corrected chi connectivity index (χ3v) is 4.03. The lowest BCUT2D eigenvalue weighted by Gasteiger charge is -2.02. The number of nitrogens with zero attached hydrogens (tertiary/aromatic N) is 3. The van der Waals surface area contributed by atoms with Crippen molar-refractivity contribution in [2.45, 2.75) is 6.92 Å². The second-order valence-corrected chi connectivity index (χ2v) is 6.51. The van der Waals surface area contributed by atoms with Crippen molar-refractivity contribution in [2.24, 2.45) is 15.5 Å². The number of halogens is 4. The molecule has 29 heavy (non-hydrogen) atoms. The highest BCUT2D eigenvalue weighted by molar-refractivity contribution is 9.10. The zero-order chi connectivity index (χ0) is 21.8. The van der Waals surface area contributed by atoms with Gasteiger partial charge < -0.3 is 14.5 Å². The van der Waals surface area contributed by atoms with E-state index in [4.69, 9.17) is 11.6 Å². The number of hydrogen-bond acceptors (Lipinski definition) is 6. The van der Waals surface area contributed by atoms with Gasteiger partial charge in [-0.05, 0) is 43.3 Å². The zero-order valence-electron chi connectivity index (χ0n) is 16.1. The molecule has 0 unspecified atom stereocenters. The van der Waals surface area contributed by atoms with E-state index in [9.17, 15) is 8.78 Å². The predicted molar refractivity (Wildman–Crippen MR) is 114 cm³/mol. The van der Waals surface area contributed by atoms with Crippen molar-refractivity contribution in [3.8, 4) is 0 Å². The second-order valence-electron chi connectivity index (χ2n) is 5.18. The molecule has 0 heterocycles. The van der Waals surface area contributed by atoms with Crippen molar-refractivity contribution in [1.29, 1.82) is 0 Å². The molecule has 0 bridgehead atoms. The summed E-state index contributed by atoms with van der Waals surface area (Å²) in [5.41, 5.74) is 1.82. The second kappa shape index (κ2) is 12.8.